The summed E-state index contributed by atoms with van der Waals surface area (Å²) in [4.78, 5) is 38.2. The fraction of sp³-hybridized carbons (Fsp3) is 0.423. The molecule has 6 nitrogen and oxygen atoms in total. The highest BCUT2D eigenvalue weighted by atomic mass is 19.1. The average Bonchev–Trinajstić information content (AvgIpc) is 3.37. The van der Waals surface area contributed by atoms with E-state index in [9.17, 15) is 18.8 Å². The van der Waals surface area contributed by atoms with Crippen LogP contribution in [0.1, 0.15) is 48.5 Å². The molecule has 172 valence electrons. The molecule has 0 aromatic heterocycles. The number of benzene rings is 2. The third kappa shape index (κ3) is 4.24. The summed E-state index contributed by atoms with van der Waals surface area (Å²) in [5.74, 6) is 0.205. The molecular weight excluding hydrogens is 423 g/mol. The van der Waals surface area contributed by atoms with Gasteiger partial charge in [0.1, 0.15) is 23.7 Å². The maximum atomic E-state index is 14.6. The number of ether oxygens (including phenoxy) is 1. The summed E-state index contributed by atoms with van der Waals surface area (Å²) < 4.78 is 20.6. The fourth-order valence-corrected chi connectivity index (χ4v) is 4.85. The number of Topliss-reactive ketones (excluding diaryl/α,β-unsaturated/α-hetero) is 1. The topological polar surface area (TPSA) is 75.7 Å². The van der Waals surface area contributed by atoms with E-state index in [4.69, 9.17) is 4.74 Å². The van der Waals surface area contributed by atoms with Crippen molar-refractivity contribution in [3.05, 3.63) is 53.3 Å². The Kier molecular flexibility index (Phi) is 5.64. The average molecular weight is 451 g/mol. The minimum atomic E-state index is -0.449. The quantitative estimate of drug-likeness (QED) is 0.684. The number of likely N-dealkylation sites (tertiary alicyclic amines) is 1. The molecule has 1 N–H and O–H groups in total. The molecule has 2 heterocycles. The van der Waals surface area contributed by atoms with Crippen LogP contribution in [0.15, 0.2) is 36.4 Å². The van der Waals surface area contributed by atoms with E-state index in [-0.39, 0.29) is 42.0 Å². The molecule has 0 spiro atoms. The Morgan fingerprint density at radius 3 is 2.55 bits per heavy atom. The molecule has 2 atom stereocenters. The number of fused-ring (bicyclic) bond motifs is 1. The number of ketones is 1. The summed E-state index contributed by atoms with van der Waals surface area (Å²) in [5.41, 5.74) is 2.82. The van der Waals surface area contributed by atoms with Crippen LogP contribution in [0, 0.1) is 11.7 Å². The highest BCUT2D eigenvalue weighted by Gasteiger charge is 2.34. The van der Waals surface area contributed by atoms with Crippen molar-refractivity contribution in [2.45, 2.75) is 51.2 Å². The van der Waals surface area contributed by atoms with Gasteiger partial charge >= 0.3 is 0 Å². The van der Waals surface area contributed by atoms with Gasteiger partial charge in [-0.25, -0.2) is 4.39 Å². The van der Waals surface area contributed by atoms with E-state index < -0.39 is 6.04 Å². The van der Waals surface area contributed by atoms with Gasteiger partial charge in [0.25, 0.3) is 0 Å². The minimum Gasteiger partial charge on any atom is -0.487 e. The Bertz CT molecular complexity index is 1110. The molecule has 7 heteroatoms. The van der Waals surface area contributed by atoms with Gasteiger partial charge in [-0.1, -0.05) is 24.3 Å². The lowest BCUT2D eigenvalue weighted by Crippen LogP contribution is -2.47. The summed E-state index contributed by atoms with van der Waals surface area (Å²) in [6, 6.07) is 10.1. The molecule has 1 aliphatic carbocycles. The molecule has 1 unspecified atom stereocenters. The monoisotopic (exact) mass is 450 g/mol. The number of nitrogens with zero attached hydrogens (tertiary/aromatic N) is 1. The highest BCUT2D eigenvalue weighted by Crippen LogP contribution is 2.40. The van der Waals surface area contributed by atoms with Crippen molar-refractivity contribution >= 4 is 17.6 Å². The van der Waals surface area contributed by atoms with Gasteiger partial charge in [-0.05, 0) is 43.4 Å². The maximum Gasteiger partial charge on any atom is 0.242 e. The number of hydrogen-bond acceptors (Lipinski definition) is 4. The van der Waals surface area contributed by atoms with Crippen molar-refractivity contribution in [1.29, 1.82) is 0 Å². The van der Waals surface area contributed by atoms with Gasteiger partial charge in [-0.15, -0.1) is 0 Å². The standard InChI is InChI=1S/C26H27FN2O4/c1-15(30)29-12-2-3-23(29)26(32)28-14-19-13-21-22(27)11-10-20(25(21)33-19)16-4-6-17(7-5-16)24(31)18-8-9-18/h4-7,10-11,18-19,23H,2-3,8-9,12-14H2,1H3,(H,28,32)/t19?,23-/m0/s1. The Hall–Kier alpha value is -3.22. The Balaban J connectivity index is 1.28. The first-order valence-corrected chi connectivity index (χ1v) is 11.6. The largest absolute Gasteiger partial charge is 0.487 e. The third-order valence-electron chi connectivity index (χ3n) is 6.81. The molecule has 2 aromatic carbocycles. The predicted octanol–water partition coefficient (Wildman–Crippen LogP) is 3.52. The molecule has 2 aromatic rings. The van der Waals surface area contributed by atoms with Crippen LogP contribution in [0.2, 0.25) is 0 Å². The van der Waals surface area contributed by atoms with Gasteiger partial charge in [0.2, 0.25) is 11.8 Å². The van der Waals surface area contributed by atoms with Gasteiger partial charge in [-0.2, -0.15) is 0 Å². The van der Waals surface area contributed by atoms with Crippen molar-refractivity contribution in [1.82, 2.24) is 10.2 Å². The Morgan fingerprint density at radius 2 is 1.85 bits per heavy atom. The smallest absolute Gasteiger partial charge is 0.242 e. The van der Waals surface area contributed by atoms with E-state index in [1.165, 1.54) is 13.0 Å². The van der Waals surface area contributed by atoms with E-state index in [0.29, 0.717) is 36.3 Å². The zero-order valence-electron chi connectivity index (χ0n) is 18.6. The molecule has 3 aliphatic rings. The first-order chi connectivity index (χ1) is 15.9. The van der Waals surface area contributed by atoms with E-state index >= 15 is 0 Å². The molecule has 5 rings (SSSR count). The highest BCUT2D eigenvalue weighted by molar-refractivity contribution is 5.99. The van der Waals surface area contributed by atoms with Crippen LogP contribution in [-0.2, 0) is 16.0 Å². The molecule has 1 saturated carbocycles. The molecule has 33 heavy (non-hydrogen) atoms. The van der Waals surface area contributed by atoms with Crippen LogP contribution in [0.25, 0.3) is 11.1 Å². The molecular formula is C26H27FN2O4. The van der Waals surface area contributed by atoms with Crippen LogP contribution < -0.4 is 10.1 Å². The van der Waals surface area contributed by atoms with Crippen molar-refractivity contribution in [2.24, 2.45) is 5.92 Å². The maximum absolute atomic E-state index is 14.6. The minimum absolute atomic E-state index is 0.103. The van der Waals surface area contributed by atoms with Crippen molar-refractivity contribution in [2.75, 3.05) is 13.1 Å². The second-order valence-corrected chi connectivity index (χ2v) is 9.18. The van der Waals surface area contributed by atoms with Gasteiger partial charge in [0.05, 0.1) is 6.54 Å². The zero-order chi connectivity index (χ0) is 23.1. The molecule has 2 fully saturated rings. The second kappa shape index (κ2) is 8.61. The molecule has 2 amide bonds. The normalized spacial score (nSPS) is 21.5. The van der Waals surface area contributed by atoms with E-state index in [2.05, 4.69) is 5.32 Å². The first-order valence-electron chi connectivity index (χ1n) is 11.6. The first kappa shape index (κ1) is 21.6. The number of amides is 2. The van der Waals surface area contributed by atoms with Gasteiger partial charge in [-0.3, -0.25) is 14.4 Å². The van der Waals surface area contributed by atoms with Crippen LogP contribution in [-0.4, -0.2) is 47.7 Å². The van der Waals surface area contributed by atoms with Gasteiger partial charge in [0, 0.05) is 42.5 Å². The molecule has 0 bridgehead atoms. The number of halogens is 1. The van der Waals surface area contributed by atoms with Crippen LogP contribution in [0.3, 0.4) is 0 Å². The Labute approximate surface area is 192 Å². The summed E-state index contributed by atoms with van der Waals surface area (Å²) in [6.45, 7) is 2.31. The van der Waals surface area contributed by atoms with Gasteiger partial charge < -0.3 is 15.0 Å². The molecule has 2 aliphatic heterocycles. The Morgan fingerprint density at radius 1 is 1.09 bits per heavy atom. The third-order valence-corrected chi connectivity index (χ3v) is 6.81. The number of rotatable bonds is 6. The second-order valence-electron chi connectivity index (χ2n) is 9.18. The van der Waals surface area contributed by atoms with Crippen LogP contribution in [0.4, 0.5) is 4.39 Å². The summed E-state index contributed by atoms with van der Waals surface area (Å²) >= 11 is 0. The molecule has 1 saturated heterocycles. The number of carbonyl (C=O) groups is 3. The summed E-state index contributed by atoms with van der Waals surface area (Å²) in [7, 11) is 0. The number of nitrogens with one attached hydrogen (secondary N) is 1. The lowest BCUT2D eigenvalue weighted by atomic mass is 9.98. The number of hydrogen-bond donors (Lipinski definition) is 1. The van der Waals surface area contributed by atoms with Crippen molar-refractivity contribution < 1.29 is 23.5 Å². The van der Waals surface area contributed by atoms with Gasteiger partial charge in [0.15, 0.2) is 5.78 Å². The fourth-order valence-electron chi connectivity index (χ4n) is 4.85. The summed E-state index contributed by atoms with van der Waals surface area (Å²) in [6.07, 6.45) is 3.35. The van der Waals surface area contributed by atoms with Crippen molar-refractivity contribution in [3.8, 4) is 16.9 Å². The van der Waals surface area contributed by atoms with Crippen LogP contribution >= 0.6 is 0 Å². The zero-order valence-corrected chi connectivity index (χ0v) is 18.6. The van der Waals surface area contributed by atoms with E-state index in [0.717, 1.165) is 30.4 Å². The van der Waals surface area contributed by atoms with Crippen LogP contribution in [0.5, 0.6) is 5.75 Å². The lowest BCUT2D eigenvalue weighted by molar-refractivity contribution is -0.137. The molecule has 0 radical (unpaired) electrons. The summed E-state index contributed by atoms with van der Waals surface area (Å²) in [5, 5.41) is 2.88. The lowest BCUT2D eigenvalue weighted by Gasteiger charge is -2.23. The van der Waals surface area contributed by atoms with E-state index in [1.807, 2.05) is 24.3 Å². The van der Waals surface area contributed by atoms with E-state index in [1.54, 1.807) is 11.0 Å². The van der Waals surface area contributed by atoms with Crippen molar-refractivity contribution in [3.63, 3.8) is 0 Å². The SMILES string of the molecule is CC(=O)N1CCC[C@H]1C(=O)NCC1Cc2c(F)ccc(-c3ccc(C(=O)C4CC4)cc3)c2O1. The predicted molar refractivity (Wildman–Crippen MR) is 120 cm³/mol. The number of carbonyl (C=O) groups excluding carboxylic acids is 3.